The molecule has 0 radical (unpaired) electrons. The first-order chi connectivity index (χ1) is 11.0. The molecule has 3 heterocycles. The fraction of sp³-hybridized carbons (Fsp3) is 0.643. The van der Waals surface area contributed by atoms with Crippen molar-refractivity contribution in [3.05, 3.63) is 32.6 Å². The number of halogens is 1. The van der Waals surface area contributed by atoms with E-state index in [1.165, 1.54) is 10.8 Å². The van der Waals surface area contributed by atoms with Gasteiger partial charge in [-0.15, -0.1) is 12.4 Å². The molecule has 2 saturated heterocycles. The lowest BCUT2D eigenvalue weighted by Gasteiger charge is -2.15. The second kappa shape index (κ2) is 7.93. The summed E-state index contributed by atoms with van der Waals surface area (Å²) in [5.41, 5.74) is -0.600. The largest absolute Gasteiger partial charge is 0.459 e. The third-order valence-electron chi connectivity index (χ3n) is 3.90. The number of aromatic nitrogens is 2. The molecule has 2 fully saturated rings. The van der Waals surface area contributed by atoms with Crippen molar-refractivity contribution in [1.82, 2.24) is 14.9 Å². The molecule has 0 aliphatic carbocycles. The van der Waals surface area contributed by atoms with E-state index in [-0.39, 0.29) is 37.6 Å². The Hall–Kier alpha value is -1.68. The van der Waals surface area contributed by atoms with Gasteiger partial charge >= 0.3 is 11.7 Å². The molecule has 2 N–H and O–H groups in total. The molecule has 1 aromatic rings. The van der Waals surface area contributed by atoms with Gasteiger partial charge in [-0.3, -0.25) is 19.1 Å². The summed E-state index contributed by atoms with van der Waals surface area (Å²) in [7, 11) is 0. The summed E-state index contributed by atoms with van der Waals surface area (Å²) in [6.07, 6.45) is 1.74. The highest BCUT2D eigenvalue weighted by molar-refractivity contribution is 5.85. The quantitative estimate of drug-likeness (QED) is 0.691. The summed E-state index contributed by atoms with van der Waals surface area (Å²) in [6.45, 7) is 2.51. The molecule has 2 aliphatic heterocycles. The first-order valence-electron chi connectivity index (χ1n) is 7.54. The van der Waals surface area contributed by atoms with Gasteiger partial charge in [-0.2, -0.15) is 0 Å². The minimum Gasteiger partial charge on any atom is -0.459 e. The molecule has 0 aromatic carbocycles. The average Bonchev–Trinajstić information content (AvgIpc) is 3.20. The van der Waals surface area contributed by atoms with Crippen LogP contribution in [0.5, 0.6) is 0 Å². The van der Waals surface area contributed by atoms with Gasteiger partial charge < -0.3 is 19.5 Å². The topological polar surface area (TPSA) is 112 Å². The van der Waals surface area contributed by atoms with Crippen LogP contribution in [0.3, 0.4) is 0 Å². The Labute approximate surface area is 143 Å². The molecular formula is C14H20ClN3O6. The van der Waals surface area contributed by atoms with E-state index < -0.39 is 23.8 Å². The smallest absolute Gasteiger partial charge is 0.330 e. The average molecular weight is 362 g/mol. The second-order valence-electron chi connectivity index (χ2n) is 5.61. The van der Waals surface area contributed by atoms with Gasteiger partial charge in [-0.1, -0.05) is 0 Å². The summed E-state index contributed by atoms with van der Waals surface area (Å²) in [6, 6.07) is -0.267. The number of esters is 1. The predicted octanol–water partition coefficient (Wildman–Crippen LogP) is -0.566. The Morgan fingerprint density at radius 3 is 2.96 bits per heavy atom. The number of carbonyl (C=O) groups excluding carboxylic acids is 1. The first-order valence-corrected chi connectivity index (χ1v) is 7.54. The van der Waals surface area contributed by atoms with Crippen molar-refractivity contribution in [1.29, 1.82) is 0 Å². The summed E-state index contributed by atoms with van der Waals surface area (Å²) in [5, 5.41) is 3.05. The van der Waals surface area contributed by atoms with Crippen LogP contribution in [-0.4, -0.2) is 47.6 Å². The van der Waals surface area contributed by atoms with Crippen molar-refractivity contribution in [2.45, 2.75) is 38.3 Å². The molecule has 10 heteroatoms. The second-order valence-corrected chi connectivity index (χ2v) is 5.61. The number of ether oxygens (including phenoxy) is 3. The highest BCUT2D eigenvalue weighted by Crippen LogP contribution is 2.20. The summed E-state index contributed by atoms with van der Waals surface area (Å²) >= 11 is 0. The van der Waals surface area contributed by atoms with E-state index in [0.717, 1.165) is 19.4 Å². The molecule has 2 aliphatic rings. The van der Waals surface area contributed by atoms with Crippen molar-refractivity contribution in [2.24, 2.45) is 0 Å². The Bertz CT molecular complexity index is 696. The number of carbonyl (C=O) groups is 1. The van der Waals surface area contributed by atoms with Crippen LogP contribution in [0, 0.1) is 6.92 Å². The van der Waals surface area contributed by atoms with Crippen LogP contribution in [0.25, 0.3) is 0 Å². The van der Waals surface area contributed by atoms with Crippen LogP contribution in [0.15, 0.2) is 15.8 Å². The third-order valence-corrected chi connectivity index (χ3v) is 3.90. The minimum atomic E-state index is -0.732. The lowest BCUT2D eigenvalue weighted by atomic mass is 10.2. The van der Waals surface area contributed by atoms with E-state index in [9.17, 15) is 14.4 Å². The maximum atomic E-state index is 11.8. The van der Waals surface area contributed by atoms with Gasteiger partial charge in [0, 0.05) is 11.8 Å². The number of hydrogen-bond donors (Lipinski definition) is 2. The van der Waals surface area contributed by atoms with Gasteiger partial charge in [0.05, 0.1) is 6.61 Å². The van der Waals surface area contributed by atoms with Crippen LogP contribution >= 0.6 is 12.4 Å². The molecule has 134 valence electrons. The molecule has 0 saturated carbocycles. The van der Waals surface area contributed by atoms with E-state index in [4.69, 9.17) is 14.2 Å². The van der Waals surface area contributed by atoms with Crippen LogP contribution in [-0.2, 0) is 19.0 Å². The Balaban J connectivity index is 0.00000208. The fourth-order valence-corrected chi connectivity index (χ4v) is 2.61. The standard InChI is InChI=1S/C14H19N3O6.ClH/c1-8-5-17(14(20)16-12(8)18)10-6-21-11(23-10)7-22-13(19)9-3-2-4-15-9;/h5,9-11,15H,2-4,6-7H2,1H3,(H,16,18,20);1H/t9-,10+,11+;/m0./s1. The normalized spacial score (nSPS) is 26.1. The molecule has 3 atom stereocenters. The van der Waals surface area contributed by atoms with E-state index in [1.807, 2.05) is 0 Å². The monoisotopic (exact) mass is 361 g/mol. The first kappa shape index (κ1) is 18.7. The molecule has 1 aromatic heterocycles. The Morgan fingerprint density at radius 2 is 2.25 bits per heavy atom. The molecule has 0 bridgehead atoms. The number of H-pyrrole nitrogens is 1. The van der Waals surface area contributed by atoms with E-state index in [0.29, 0.717) is 5.56 Å². The number of aromatic amines is 1. The highest BCUT2D eigenvalue weighted by Gasteiger charge is 2.31. The lowest BCUT2D eigenvalue weighted by Crippen LogP contribution is -2.35. The Kier molecular flexibility index (Phi) is 6.16. The molecule has 24 heavy (non-hydrogen) atoms. The number of hydrogen-bond acceptors (Lipinski definition) is 7. The highest BCUT2D eigenvalue weighted by atomic mass is 35.5. The molecule has 0 spiro atoms. The molecule has 0 amide bonds. The third kappa shape index (κ3) is 4.04. The van der Waals surface area contributed by atoms with Gasteiger partial charge in [-0.25, -0.2) is 4.79 Å². The van der Waals surface area contributed by atoms with Crippen molar-refractivity contribution in [3.63, 3.8) is 0 Å². The van der Waals surface area contributed by atoms with Gasteiger partial charge in [0.15, 0.2) is 12.5 Å². The minimum absolute atomic E-state index is 0. The number of nitrogens with one attached hydrogen (secondary N) is 2. The lowest BCUT2D eigenvalue weighted by molar-refractivity contribution is -0.161. The van der Waals surface area contributed by atoms with Crippen molar-refractivity contribution in [2.75, 3.05) is 19.8 Å². The zero-order valence-corrected chi connectivity index (χ0v) is 14.0. The van der Waals surface area contributed by atoms with Crippen LogP contribution in [0.2, 0.25) is 0 Å². The van der Waals surface area contributed by atoms with Crippen molar-refractivity contribution in [3.8, 4) is 0 Å². The van der Waals surface area contributed by atoms with Crippen molar-refractivity contribution >= 4 is 18.4 Å². The van der Waals surface area contributed by atoms with Gasteiger partial charge in [0.2, 0.25) is 0 Å². The van der Waals surface area contributed by atoms with E-state index >= 15 is 0 Å². The maximum Gasteiger partial charge on any atom is 0.330 e. The zero-order valence-electron chi connectivity index (χ0n) is 13.1. The number of aryl methyl sites for hydroxylation is 1. The molecular weight excluding hydrogens is 342 g/mol. The maximum absolute atomic E-state index is 11.8. The van der Waals surface area contributed by atoms with Crippen LogP contribution in [0.1, 0.15) is 24.6 Å². The molecule has 9 nitrogen and oxygen atoms in total. The van der Waals surface area contributed by atoms with Crippen molar-refractivity contribution < 1.29 is 19.0 Å². The van der Waals surface area contributed by atoms with Gasteiger partial charge in [-0.05, 0) is 26.3 Å². The summed E-state index contributed by atoms with van der Waals surface area (Å²) in [4.78, 5) is 37.2. The predicted molar refractivity (Wildman–Crippen MR) is 85.2 cm³/mol. The van der Waals surface area contributed by atoms with Crippen LogP contribution in [0.4, 0.5) is 0 Å². The fourth-order valence-electron chi connectivity index (χ4n) is 2.61. The van der Waals surface area contributed by atoms with Gasteiger partial charge in [0.1, 0.15) is 12.6 Å². The number of rotatable bonds is 4. The zero-order chi connectivity index (χ0) is 16.4. The SMILES string of the molecule is Cc1cn([C@H]2CO[C@@H](COC(=O)[C@@H]3CCCN3)O2)c(=O)[nH]c1=O.Cl. The van der Waals surface area contributed by atoms with E-state index in [1.54, 1.807) is 6.92 Å². The van der Waals surface area contributed by atoms with Gasteiger partial charge in [0.25, 0.3) is 5.56 Å². The number of nitrogens with zero attached hydrogens (tertiary/aromatic N) is 1. The van der Waals surface area contributed by atoms with E-state index in [2.05, 4.69) is 10.3 Å². The summed E-state index contributed by atoms with van der Waals surface area (Å²) in [5.74, 6) is -0.324. The molecule has 3 rings (SSSR count). The van der Waals surface area contributed by atoms with Crippen LogP contribution < -0.4 is 16.6 Å². The Morgan fingerprint density at radius 1 is 1.46 bits per heavy atom. The molecule has 0 unspecified atom stereocenters. The summed E-state index contributed by atoms with van der Waals surface area (Å²) < 4.78 is 17.4.